The number of benzene rings is 2. The Bertz CT molecular complexity index is 1090. The number of hydrogen-bond acceptors (Lipinski definition) is 5. The molecule has 0 aliphatic heterocycles. The molecule has 9 heteroatoms. The lowest BCUT2D eigenvalue weighted by molar-refractivity contribution is 0.376. The van der Waals surface area contributed by atoms with E-state index in [1.807, 2.05) is 24.3 Å². The van der Waals surface area contributed by atoms with Crippen molar-refractivity contribution in [3.63, 3.8) is 0 Å². The number of rotatable bonds is 5. The second-order valence-electron chi connectivity index (χ2n) is 7.24. The molecule has 148 valence electrons. The van der Waals surface area contributed by atoms with Crippen LogP contribution in [0.25, 0.3) is 11.4 Å². The summed E-state index contributed by atoms with van der Waals surface area (Å²) >= 11 is 11.8. The third kappa shape index (κ3) is 4.72. The maximum absolute atomic E-state index is 12.4. The van der Waals surface area contributed by atoms with Crippen molar-refractivity contribution in [2.75, 3.05) is 0 Å². The van der Waals surface area contributed by atoms with E-state index in [9.17, 15) is 8.42 Å². The first kappa shape index (κ1) is 20.8. The molecule has 0 saturated heterocycles. The van der Waals surface area contributed by atoms with Crippen molar-refractivity contribution in [3.05, 3.63) is 64.0 Å². The van der Waals surface area contributed by atoms with Crippen LogP contribution in [0.5, 0.6) is 0 Å². The standard InChI is InChI=1S/C19H19Cl2N3O3S/c1-19(2,3)13-6-4-12(5-7-13)18-23-17(27-24-18)11-22-28(25,26)16-10-14(20)8-9-15(16)21/h4-10,22H,11H2,1-3H3. The monoisotopic (exact) mass is 439 g/mol. The molecule has 0 radical (unpaired) electrons. The average Bonchev–Trinajstić information content (AvgIpc) is 3.10. The van der Waals surface area contributed by atoms with E-state index in [2.05, 4.69) is 35.6 Å². The van der Waals surface area contributed by atoms with Crippen molar-refractivity contribution in [2.45, 2.75) is 37.6 Å². The minimum atomic E-state index is -3.88. The molecule has 0 spiro atoms. The zero-order valence-corrected chi connectivity index (χ0v) is 17.9. The number of nitrogens with one attached hydrogen (secondary N) is 1. The first-order valence-electron chi connectivity index (χ1n) is 8.44. The molecule has 1 heterocycles. The molecule has 0 aliphatic rings. The molecule has 0 aliphatic carbocycles. The lowest BCUT2D eigenvalue weighted by atomic mass is 9.87. The molecule has 6 nitrogen and oxygen atoms in total. The van der Waals surface area contributed by atoms with E-state index in [-0.39, 0.29) is 32.8 Å². The summed E-state index contributed by atoms with van der Waals surface area (Å²) in [5.74, 6) is 0.520. The SMILES string of the molecule is CC(C)(C)c1ccc(-c2noc(CNS(=O)(=O)c3cc(Cl)ccc3Cl)n2)cc1. The van der Waals surface area contributed by atoms with Crippen LogP contribution in [0.4, 0.5) is 0 Å². The molecular weight excluding hydrogens is 421 g/mol. The molecule has 0 unspecified atom stereocenters. The normalized spacial score (nSPS) is 12.3. The van der Waals surface area contributed by atoms with Crippen LogP contribution < -0.4 is 4.72 Å². The highest BCUT2D eigenvalue weighted by Gasteiger charge is 2.20. The largest absolute Gasteiger partial charge is 0.338 e. The smallest absolute Gasteiger partial charge is 0.242 e. The molecule has 1 N–H and O–H groups in total. The quantitative estimate of drug-likeness (QED) is 0.615. The van der Waals surface area contributed by atoms with Crippen molar-refractivity contribution in [2.24, 2.45) is 0 Å². The third-order valence-corrected chi connectivity index (χ3v) is 6.19. The first-order valence-corrected chi connectivity index (χ1v) is 10.7. The van der Waals surface area contributed by atoms with Crippen LogP contribution in [0.1, 0.15) is 32.2 Å². The predicted molar refractivity (Wildman–Crippen MR) is 109 cm³/mol. The minimum absolute atomic E-state index is 0.0425. The van der Waals surface area contributed by atoms with Crippen molar-refractivity contribution in [1.82, 2.24) is 14.9 Å². The van der Waals surface area contributed by atoms with Gasteiger partial charge in [-0.1, -0.05) is 73.4 Å². The van der Waals surface area contributed by atoms with Crippen LogP contribution in [-0.2, 0) is 22.0 Å². The Morgan fingerprint density at radius 2 is 1.75 bits per heavy atom. The lowest BCUT2D eigenvalue weighted by Gasteiger charge is -2.18. The van der Waals surface area contributed by atoms with Gasteiger partial charge in [0.2, 0.25) is 21.7 Å². The van der Waals surface area contributed by atoms with Gasteiger partial charge in [-0.25, -0.2) is 13.1 Å². The summed E-state index contributed by atoms with van der Waals surface area (Å²) in [5, 5.41) is 4.25. The topological polar surface area (TPSA) is 85.1 Å². The predicted octanol–water partition coefficient (Wildman–Crippen LogP) is 4.82. The Balaban J connectivity index is 1.74. The molecule has 3 aromatic rings. The van der Waals surface area contributed by atoms with E-state index < -0.39 is 10.0 Å². The van der Waals surface area contributed by atoms with E-state index in [4.69, 9.17) is 27.7 Å². The highest BCUT2D eigenvalue weighted by molar-refractivity contribution is 7.89. The summed E-state index contributed by atoms with van der Waals surface area (Å²) in [4.78, 5) is 4.13. The van der Waals surface area contributed by atoms with Crippen LogP contribution in [0.15, 0.2) is 51.9 Å². The molecule has 0 bridgehead atoms. The summed E-state index contributed by atoms with van der Waals surface area (Å²) in [6.07, 6.45) is 0. The van der Waals surface area contributed by atoms with Gasteiger partial charge in [0.1, 0.15) is 4.90 Å². The number of nitrogens with zero attached hydrogens (tertiary/aromatic N) is 2. The van der Waals surface area contributed by atoms with Crippen LogP contribution in [0.2, 0.25) is 10.0 Å². The Kier molecular flexibility index (Phi) is 5.82. The Labute approximate surface area is 173 Å². The third-order valence-electron chi connectivity index (χ3n) is 4.07. The fraction of sp³-hybridized carbons (Fsp3) is 0.263. The Hall–Kier alpha value is -1.93. The molecular formula is C19H19Cl2N3O3S. The van der Waals surface area contributed by atoms with Crippen molar-refractivity contribution < 1.29 is 12.9 Å². The van der Waals surface area contributed by atoms with Gasteiger partial charge in [-0.05, 0) is 29.2 Å². The fourth-order valence-electron chi connectivity index (χ4n) is 2.48. The van der Waals surface area contributed by atoms with E-state index in [1.165, 1.54) is 23.8 Å². The van der Waals surface area contributed by atoms with E-state index in [0.717, 1.165) is 5.56 Å². The maximum Gasteiger partial charge on any atom is 0.242 e. The van der Waals surface area contributed by atoms with Crippen molar-refractivity contribution in [1.29, 1.82) is 0 Å². The summed E-state index contributed by atoms with van der Waals surface area (Å²) in [6, 6.07) is 12.0. The van der Waals surface area contributed by atoms with Gasteiger partial charge in [0.05, 0.1) is 11.6 Å². The molecule has 2 aromatic carbocycles. The number of halogens is 2. The zero-order chi connectivity index (χ0) is 20.5. The summed E-state index contributed by atoms with van der Waals surface area (Å²) in [7, 11) is -3.88. The van der Waals surface area contributed by atoms with Crippen molar-refractivity contribution in [3.8, 4) is 11.4 Å². The van der Waals surface area contributed by atoms with E-state index in [1.54, 1.807) is 0 Å². The van der Waals surface area contributed by atoms with Gasteiger partial charge in [-0.15, -0.1) is 0 Å². The molecule has 0 saturated carbocycles. The zero-order valence-electron chi connectivity index (χ0n) is 15.5. The van der Waals surface area contributed by atoms with E-state index in [0.29, 0.717) is 5.82 Å². The lowest BCUT2D eigenvalue weighted by Crippen LogP contribution is -2.23. The summed E-state index contributed by atoms with van der Waals surface area (Å²) < 4.78 is 32.4. The maximum atomic E-state index is 12.4. The molecule has 0 atom stereocenters. The van der Waals surface area contributed by atoms with Crippen LogP contribution in [0.3, 0.4) is 0 Å². The molecule has 3 rings (SSSR count). The second-order valence-corrected chi connectivity index (χ2v) is 9.82. The average molecular weight is 440 g/mol. The van der Waals surface area contributed by atoms with Gasteiger partial charge in [-0.3, -0.25) is 0 Å². The fourth-order valence-corrected chi connectivity index (χ4v) is 4.22. The van der Waals surface area contributed by atoms with Crippen LogP contribution in [-0.4, -0.2) is 18.6 Å². The van der Waals surface area contributed by atoms with Gasteiger partial charge in [-0.2, -0.15) is 4.98 Å². The van der Waals surface area contributed by atoms with Gasteiger partial charge in [0.15, 0.2) is 0 Å². The van der Waals surface area contributed by atoms with Gasteiger partial charge in [0, 0.05) is 10.6 Å². The minimum Gasteiger partial charge on any atom is -0.338 e. The Morgan fingerprint density at radius 1 is 1.07 bits per heavy atom. The van der Waals surface area contributed by atoms with Gasteiger partial charge >= 0.3 is 0 Å². The number of sulfonamides is 1. The molecule has 0 amide bonds. The van der Waals surface area contributed by atoms with Crippen LogP contribution >= 0.6 is 23.2 Å². The van der Waals surface area contributed by atoms with Gasteiger partial charge in [0.25, 0.3) is 0 Å². The second kappa shape index (κ2) is 7.83. The van der Waals surface area contributed by atoms with Crippen LogP contribution in [0, 0.1) is 0 Å². The Morgan fingerprint density at radius 3 is 2.39 bits per heavy atom. The highest BCUT2D eigenvalue weighted by atomic mass is 35.5. The van der Waals surface area contributed by atoms with Gasteiger partial charge < -0.3 is 4.52 Å². The summed E-state index contributed by atoms with van der Waals surface area (Å²) in [6.45, 7) is 6.23. The number of aromatic nitrogens is 2. The molecule has 1 aromatic heterocycles. The first-order chi connectivity index (χ1) is 13.1. The summed E-state index contributed by atoms with van der Waals surface area (Å²) in [5.41, 5.74) is 2.01. The number of hydrogen-bond donors (Lipinski definition) is 1. The molecule has 28 heavy (non-hydrogen) atoms. The van der Waals surface area contributed by atoms with E-state index >= 15 is 0 Å². The molecule has 0 fully saturated rings. The highest BCUT2D eigenvalue weighted by Crippen LogP contribution is 2.26. The van der Waals surface area contributed by atoms with Crippen molar-refractivity contribution >= 4 is 33.2 Å².